The quantitative estimate of drug-likeness (QED) is 0.569. The first kappa shape index (κ1) is 12.0. The van der Waals surface area contributed by atoms with Crippen LogP contribution in [0.15, 0.2) is 24.5 Å². The van der Waals surface area contributed by atoms with Crippen LogP contribution in [0.1, 0.15) is 17.4 Å². The van der Waals surface area contributed by atoms with Crippen LogP contribution < -0.4 is 11.3 Å². The summed E-state index contributed by atoms with van der Waals surface area (Å²) < 4.78 is 13.0. The molecule has 1 aromatic carbocycles. The van der Waals surface area contributed by atoms with E-state index in [0.29, 0.717) is 12.2 Å². The average Bonchev–Trinajstić information content (AvgIpc) is 2.84. The van der Waals surface area contributed by atoms with Gasteiger partial charge in [-0.15, -0.1) is 0 Å². The first-order valence-corrected chi connectivity index (χ1v) is 5.34. The highest BCUT2D eigenvalue weighted by Crippen LogP contribution is 2.20. The Morgan fingerprint density at radius 2 is 2.35 bits per heavy atom. The minimum absolute atomic E-state index is 0.0934. The number of hydrogen-bond acceptors (Lipinski definition) is 4. The predicted molar refractivity (Wildman–Crippen MR) is 61.6 cm³/mol. The molecule has 2 rings (SSSR count). The molecule has 2 aromatic rings. The largest absolute Gasteiger partial charge is 0.271 e. The van der Waals surface area contributed by atoms with Crippen molar-refractivity contribution >= 4 is 11.6 Å². The Hall–Kier alpha value is -1.50. The number of hydrogen-bond donors (Lipinski definition) is 3. The molecule has 4 N–H and O–H groups in total. The van der Waals surface area contributed by atoms with Gasteiger partial charge in [0, 0.05) is 0 Å². The van der Waals surface area contributed by atoms with Crippen LogP contribution in [0.5, 0.6) is 0 Å². The second-order valence-corrected chi connectivity index (χ2v) is 3.95. The molecule has 1 atom stereocenters. The van der Waals surface area contributed by atoms with Gasteiger partial charge in [-0.1, -0.05) is 17.7 Å². The maximum atomic E-state index is 13.0. The lowest BCUT2D eigenvalue weighted by Crippen LogP contribution is -2.30. The van der Waals surface area contributed by atoms with Crippen molar-refractivity contribution in [2.75, 3.05) is 0 Å². The van der Waals surface area contributed by atoms with E-state index in [0.717, 1.165) is 5.56 Å². The van der Waals surface area contributed by atoms with Gasteiger partial charge in [0.15, 0.2) is 0 Å². The molecule has 5 nitrogen and oxygen atoms in total. The highest BCUT2D eigenvalue weighted by atomic mass is 35.5. The third kappa shape index (κ3) is 2.79. The molecule has 7 heteroatoms. The summed E-state index contributed by atoms with van der Waals surface area (Å²) in [6.07, 6.45) is 1.93. The average molecular weight is 256 g/mol. The maximum absolute atomic E-state index is 13.0. The Morgan fingerprint density at radius 1 is 1.53 bits per heavy atom. The number of rotatable bonds is 4. The van der Waals surface area contributed by atoms with Crippen LogP contribution in [0, 0.1) is 5.82 Å². The number of hydrazine groups is 1. The van der Waals surface area contributed by atoms with Gasteiger partial charge >= 0.3 is 0 Å². The molecule has 90 valence electrons. The Kier molecular flexibility index (Phi) is 3.68. The van der Waals surface area contributed by atoms with E-state index in [4.69, 9.17) is 17.4 Å². The van der Waals surface area contributed by atoms with E-state index in [-0.39, 0.29) is 11.1 Å². The number of aromatic amines is 1. The van der Waals surface area contributed by atoms with E-state index in [1.54, 1.807) is 12.1 Å². The summed E-state index contributed by atoms with van der Waals surface area (Å²) in [5.41, 5.74) is 3.47. The number of aromatic nitrogens is 3. The molecule has 0 aliphatic carbocycles. The van der Waals surface area contributed by atoms with Crippen LogP contribution in [-0.2, 0) is 6.42 Å². The van der Waals surface area contributed by atoms with Crippen molar-refractivity contribution in [3.05, 3.63) is 46.8 Å². The smallest absolute Gasteiger partial charge is 0.143 e. The number of nitrogens with one attached hydrogen (secondary N) is 2. The van der Waals surface area contributed by atoms with Gasteiger partial charge in [-0.25, -0.2) is 14.8 Å². The van der Waals surface area contributed by atoms with Gasteiger partial charge in [-0.05, 0) is 24.1 Å². The second kappa shape index (κ2) is 5.22. The molecular weight excluding hydrogens is 245 g/mol. The molecule has 0 fully saturated rings. The Balaban J connectivity index is 2.16. The number of halogens is 2. The van der Waals surface area contributed by atoms with E-state index in [2.05, 4.69) is 20.6 Å². The van der Waals surface area contributed by atoms with E-state index in [9.17, 15) is 4.39 Å². The molecule has 0 amide bonds. The summed E-state index contributed by atoms with van der Waals surface area (Å²) in [5, 5.41) is 6.56. The highest BCUT2D eigenvalue weighted by molar-refractivity contribution is 6.30. The van der Waals surface area contributed by atoms with Crippen LogP contribution in [0.25, 0.3) is 0 Å². The summed E-state index contributed by atoms with van der Waals surface area (Å²) in [6, 6.07) is 4.32. The zero-order chi connectivity index (χ0) is 12.3. The second-order valence-electron chi connectivity index (χ2n) is 3.54. The standard InChI is InChI=1S/C10H11ClFN5/c11-7-3-6(1-2-8(7)12)4-9(16-13)10-14-5-15-17-10/h1-3,5,9,16H,4,13H2,(H,14,15,17). The molecule has 0 spiro atoms. The minimum atomic E-state index is -0.438. The third-order valence-electron chi connectivity index (χ3n) is 2.39. The van der Waals surface area contributed by atoms with Crippen molar-refractivity contribution in [3.8, 4) is 0 Å². The van der Waals surface area contributed by atoms with E-state index < -0.39 is 5.82 Å². The van der Waals surface area contributed by atoms with Crippen molar-refractivity contribution in [2.45, 2.75) is 12.5 Å². The number of nitrogens with two attached hydrogens (primary N) is 1. The number of nitrogens with zero attached hydrogens (tertiary/aromatic N) is 2. The van der Waals surface area contributed by atoms with Gasteiger partial charge in [0.1, 0.15) is 18.0 Å². The first-order valence-electron chi connectivity index (χ1n) is 4.96. The van der Waals surface area contributed by atoms with Gasteiger partial charge in [0.05, 0.1) is 11.1 Å². The Labute approximate surface area is 102 Å². The predicted octanol–water partition coefficient (Wildman–Crippen LogP) is 1.34. The molecule has 0 aliphatic rings. The fourth-order valence-corrected chi connectivity index (χ4v) is 1.72. The zero-order valence-electron chi connectivity index (χ0n) is 8.82. The molecule has 1 unspecified atom stereocenters. The summed E-state index contributed by atoms with van der Waals surface area (Å²) in [6.45, 7) is 0. The molecule has 0 saturated heterocycles. The van der Waals surface area contributed by atoms with Crippen LogP contribution in [0.4, 0.5) is 4.39 Å². The van der Waals surface area contributed by atoms with Crippen molar-refractivity contribution in [1.82, 2.24) is 20.6 Å². The van der Waals surface area contributed by atoms with Crippen LogP contribution >= 0.6 is 11.6 Å². The fourth-order valence-electron chi connectivity index (χ4n) is 1.52. The summed E-state index contributed by atoms with van der Waals surface area (Å²) in [4.78, 5) is 4.01. The number of H-pyrrole nitrogens is 1. The van der Waals surface area contributed by atoms with Crippen molar-refractivity contribution in [2.24, 2.45) is 5.84 Å². The lowest BCUT2D eigenvalue weighted by molar-refractivity contribution is 0.524. The molecule has 1 heterocycles. The monoisotopic (exact) mass is 255 g/mol. The molecule has 0 aliphatic heterocycles. The van der Waals surface area contributed by atoms with Crippen molar-refractivity contribution in [3.63, 3.8) is 0 Å². The summed E-state index contributed by atoms with van der Waals surface area (Å²) in [5.74, 6) is 5.62. The van der Waals surface area contributed by atoms with Crippen LogP contribution in [0.3, 0.4) is 0 Å². The van der Waals surface area contributed by atoms with Crippen LogP contribution in [-0.4, -0.2) is 15.2 Å². The minimum Gasteiger partial charge on any atom is -0.271 e. The SMILES string of the molecule is NNC(Cc1ccc(F)c(Cl)c1)c1ncn[nH]1. The van der Waals surface area contributed by atoms with Gasteiger partial charge in [-0.3, -0.25) is 10.9 Å². The molecular formula is C10H11ClFN5. The molecule has 17 heavy (non-hydrogen) atoms. The molecule has 1 aromatic heterocycles. The number of benzene rings is 1. The summed E-state index contributed by atoms with van der Waals surface area (Å²) in [7, 11) is 0. The van der Waals surface area contributed by atoms with Crippen molar-refractivity contribution in [1.29, 1.82) is 0 Å². The first-order chi connectivity index (χ1) is 8.20. The Morgan fingerprint density at radius 3 is 2.94 bits per heavy atom. The fraction of sp³-hybridized carbons (Fsp3) is 0.200. The lowest BCUT2D eigenvalue weighted by Gasteiger charge is -2.13. The normalized spacial score (nSPS) is 12.6. The van der Waals surface area contributed by atoms with Gasteiger partial charge in [0.2, 0.25) is 0 Å². The van der Waals surface area contributed by atoms with E-state index in [1.807, 2.05) is 0 Å². The maximum Gasteiger partial charge on any atom is 0.143 e. The zero-order valence-corrected chi connectivity index (χ0v) is 9.58. The van der Waals surface area contributed by atoms with Gasteiger partial charge in [0.25, 0.3) is 0 Å². The highest BCUT2D eigenvalue weighted by Gasteiger charge is 2.14. The topological polar surface area (TPSA) is 79.6 Å². The molecule has 0 saturated carbocycles. The summed E-state index contributed by atoms with van der Waals surface area (Å²) >= 11 is 5.70. The third-order valence-corrected chi connectivity index (χ3v) is 2.68. The van der Waals surface area contributed by atoms with Crippen molar-refractivity contribution < 1.29 is 4.39 Å². The van der Waals surface area contributed by atoms with E-state index in [1.165, 1.54) is 12.4 Å². The Bertz CT molecular complexity index is 487. The molecule has 0 radical (unpaired) electrons. The molecule has 0 bridgehead atoms. The lowest BCUT2D eigenvalue weighted by atomic mass is 10.1. The van der Waals surface area contributed by atoms with E-state index >= 15 is 0 Å². The van der Waals surface area contributed by atoms with Crippen LogP contribution in [0.2, 0.25) is 5.02 Å². The van der Waals surface area contributed by atoms with Gasteiger partial charge < -0.3 is 0 Å². The van der Waals surface area contributed by atoms with Gasteiger partial charge in [-0.2, -0.15) is 5.10 Å².